The number of amides is 1. The van der Waals surface area contributed by atoms with Crippen molar-refractivity contribution in [3.63, 3.8) is 0 Å². The standard InChI is InChI=1S/C16H14ClN3O/c1-20-7-6-11(10-20)9-18-16(21)13-8-15(17)19-14-5-3-2-4-12(13)14/h2-8,10H,9H2,1H3,(H,18,21). The Balaban J connectivity index is 1.87. The average Bonchev–Trinajstić information content (AvgIpc) is 2.89. The van der Waals surface area contributed by atoms with E-state index in [1.165, 1.54) is 0 Å². The minimum atomic E-state index is -0.153. The Bertz CT molecular complexity index is 810. The molecule has 0 aliphatic carbocycles. The van der Waals surface area contributed by atoms with Crippen molar-refractivity contribution in [1.29, 1.82) is 0 Å². The molecule has 0 unspecified atom stereocenters. The highest BCUT2D eigenvalue weighted by atomic mass is 35.5. The van der Waals surface area contributed by atoms with Crippen LogP contribution in [0.2, 0.25) is 5.15 Å². The number of nitrogens with one attached hydrogen (secondary N) is 1. The molecule has 1 N–H and O–H groups in total. The van der Waals surface area contributed by atoms with Crippen molar-refractivity contribution in [2.24, 2.45) is 7.05 Å². The Hall–Kier alpha value is -2.33. The molecule has 1 aromatic carbocycles. The predicted molar refractivity (Wildman–Crippen MR) is 83.3 cm³/mol. The fourth-order valence-electron chi connectivity index (χ4n) is 2.27. The summed E-state index contributed by atoms with van der Waals surface area (Å²) in [5, 5.41) is 4.03. The lowest BCUT2D eigenvalue weighted by atomic mass is 10.1. The number of hydrogen-bond donors (Lipinski definition) is 1. The summed E-state index contributed by atoms with van der Waals surface area (Å²) in [5.41, 5.74) is 2.31. The monoisotopic (exact) mass is 299 g/mol. The molecule has 4 nitrogen and oxygen atoms in total. The van der Waals surface area contributed by atoms with Crippen LogP contribution in [0.5, 0.6) is 0 Å². The molecule has 1 amide bonds. The van der Waals surface area contributed by atoms with E-state index in [-0.39, 0.29) is 5.91 Å². The molecule has 0 aliphatic heterocycles. The summed E-state index contributed by atoms with van der Waals surface area (Å²) in [6.45, 7) is 0.480. The molecule has 0 fully saturated rings. The molecule has 0 spiro atoms. The van der Waals surface area contributed by atoms with Gasteiger partial charge in [0.15, 0.2) is 0 Å². The van der Waals surface area contributed by atoms with Gasteiger partial charge in [0.05, 0.1) is 11.1 Å². The average molecular weight is 300 g/mol. The van der Waals surface area contributed by atoms with E-state index < -0.39 is 0 Å². The smallest absolute Gasteiger partial charge is 0.252 e. The largest absolute Gasteiger partial charge is 0.357 e. The number of benzene rings is 1. The third-order valence-electron chi connectivity index (χ3n) is 3.28. The van der Waals surface area contributed by atoms with Crippen molar-refractivity contribution in [3.05, 3.63) is 65.1 Å². The van der Waals surface area contributed by atoms with Crippen LogP contribution in [0.25, 0.3) is 10.9 Å². The van der Waals surface area contributed by atoms with E-state index in [1.54, 1.807) is 6.07 Å². The van der Waals surface area contributed by atoms with Gasteiger partial charge >= 0.3 is 0 Å². The first kappa shape index (κ1) is 13.6. The van der Waals surface area contributed by atoms with Crippen LogP contribution >= 0.6 is 11.6 Å². The van der Waals surface area contributed by atoms with Gasteiger partial charge in [-0.2, -0.15) is 0 Å². The van der Waals surface area contributed by atoms with Gasteiger partial charge in [0, 0.05) is 31.4 Å². The van der Waals surface area contributed by atoms with Crippen LogP contribution in [0.15, 0.2) is 48.8 Å². The lowest BCUT2D eigenvalue weighted by Crippen LogP contribution is -2.23. The molecule has 0 atom stereocenters. The van der Waals surface area contributed by atoms with Crippen LogP contribution in [-0.2, 0) is 13.6 Å². The number of rotatable bonds is 3. The van der Waals surface area contributed by atoms with E-state index in [0.717, 1.165) is 16.5 Å². The molecule has 0 aliphatic rings. The summed E-state index contributed by atoms with van der Waals surface area (Å²) in [6.07, 6.45) is 3.91. The quantitative estimate of drug-likeness (QED) is 0.755. The van der Waals surface area contributed by atoms with E-state index in [1.807, 2.05) is 54.3 Å². The predicted octanol–water partition coefficient (Wildman–Crippen LogP) is 3.16. The van der Waals surface area contributed by atoms with Crippen LogP contribution in [0.4, 0.5) is 0 Å². The Morgan fingerprint density at radius 2 is 2.14 bits per heavy atom. The van der Waals surface area contributed by atoms with Gasteiger partial charge in [0.2, 0.25) is 0 Å². The molecular weight excluding hydrogens is 286 g/mol. The minimum absolute atomic E-state index is 0.153. The highest BCUT2D eigenvalue weighted by Gasteiger charge is 2.12. The first-order valence-electron chi connectivity index (χ1n) is 6.58. The number of nitrogens with zero attached hydrogens (tertiary/aromatic N) is 2. The van der Waals surface area contributed by atoms with Crippen LogP contribution < -0.4 is 5.32 Å². The van der Waals surface area contributed by atoms with Gasteiger partial charge in [0.1, 0.15) is 5.15 Å². The number of halogens is 1. The van der Waals surface area contributed by atoms with Gasteiger partial charge in [-0.15, -0.1) is 0 Å². The number of carbonyl (C=O) groups is 1. The fraction of sp³-hybridized carbons (Fsp3) is 0.125. The molecule has 3 rings (SSSR count). The maximum absolute atomic E-state index is 12.4. The molecular formula is C16H14ClN3O. The number of fused-ring (bicyclic) bond motifs is 1. The third-order valence-corrected chi connectivity index (χ3v) is 3.47. The number of aromatic nitrogens is 2. The Morgan fingerprint density at radius 1 is 1.33 bits per heavy atom. The lowest BCUT2D eigenvalue weighted by molar-refractivity contribution is 0.0952. The normalized spacial score (nSPS) is 10.8. The van der Waals surface area contributed by atoms with Crippen LogP contribution in [0, 0.1) is 0 Å². The second-order valence-corrected chi connectivity index (χ2v) is 5.26. The summed E-state index contributed by atoms with van der Waals surface area (Å²) in [4.78, 5) is 16.6. The maximum atomic E-state index is 12.4. The minimum Gasteiger partial charge on any atom is -0.357 e. The fourth-order valence-corrected chi connectivity index (χ4v) is 2.47. The van der Waals surface area contributed by atoms with Crippen molar-refractivity contribution in [2.75, 3.05) is 0 Å². The molecule has 3 aromatic rings. The second-order valence-electron chi connectivity index (χ2n) is 4.88. The SMILES string of the molecule is Cn1ccc(CNC(=O)c2cc(Cl)nc3ccccc23)c1. The first-order valence-corrected chi connectivity index (χ1v) is 6.95. The van der Waals surface area contributed by atoms with Crippen molar-refractivity contribution < 1.29 is 4.79 Å². The van der Waals surface area contributed by atoms with E-state index >= 15 is 0 Å². The summed E-state index contributed by atoms with van der Waals surface area (Å²) in [6, 6.07) is 11.0. The van der Waals surface area contributed by atoms with Crippen molar-refractivity contribution in [2.45, 2.75) is 6.54 Å². The van der Waals surface area contributed by atoms with Crippen LogP contribution in [-0.4, -0.2) is 15.5 Å². The topological polar surface area (TPSA) is 46.9 Å². The van der Waals surface area contributed by atoms with Gasteiger partial charge in [-0.05, 0) is 23.8 Å². The molecule has 0 saturated heterocycles. The maximum Gasteiger partial charge on any atom is 0.252 e. The van der Waals surface area contributed by atoms with Crippen molar-refractivity contribution in [1.82, 2.24) is 14.9 Å². The van der Waals surface area contributed by atoms with Gasteiger partial charge < -0.3 is 9.88 Å². The molecule has 0 bridgehead atoms. The van der Waals surface area contributed by atoms with Gasteiger partial charge in [-0.25, -0.2) is 4.98 Å². The molecule has 0 saturated carbocycles. The number of para-hydroxylation sites is 1. The molecule has 106 valence electrons. The number of aryl methyl sites for hydroxylation is 1. The molecule has 5 heteroatoms. The Kier molecular flexibility index (Phi) is 3.62. The molecule has 0 radical (unpaired) electrons. The number of hydrogen-bond acceptors (Lipinski definition) is 2. The highest BCUT2D eigenvalue weighted by Crippen LogP contribution is 2.20. The molecule has 21 heavy (non-hydrogen) atoms. The summed E-state index contributed by atoms with van der Waals surface area (Å²) in [7, 11) is 1.95. The number of carbonyl (C=O) groups excluding carboxylic acids is 1. The Labute approximate surface area is 127 Å². The lowest BCUT2D eigenvalue weighted by Gasteiger charge is -2.08. The van der Waals surface area contributed by atoms with Crippen molar-refractivity contribution in [3.8, 4) is 0 Å². The highest BCUT2D eigenvalue weighted by molar-refractivity contribution is 6.30. The zero-order valence-corrected chi connectivity index (χ0v) is 12.3. The first-order chi connectivity index (χ1) is 10.1. The van der Waals surface area contributed by atoms with Gasteiger partial charge in [-0.3, -0.25) is 4.79 Å². The van der Waals surface area contributed by atoms with E-state index in [0.29, 0.717) is 17.3 Å². The Morgan fingerprint density at radius 3 is 2.90 bits per heavy atom. The van der Waals surface area contributed by atoms with Crippen LogP contribution in [0.3, 0.4) is 0 Å². The summed E-state index contributed by atoms with van der Waals surface area (Å²) in [5.74, 6) is -0.153. The summed E-state index contributed by atoms with van der Waals surface area (Å²) >= 11 is 5.99. The van der Waals surface area contributed by atoms with E-state index in [9.17, 15) is 4.79 Å². The molecule has 2 aromatic heterocycles. The van der Waals surface area contributed by atoms with Gasteiger partial charge in [-0.1, -0.05) is 29.8 Å². The van der Waals surface area contributed by atoms with E-state index in [2.05, 4.69) is 10.3 Å². The second kappa shape index (κ2) is 5.58. The zero-order valence-electron chi connectivity index (χ0n) is 11.5. The van der Waals surface area contributed by atoms with Crippen molar-refractivity contribution >= 4 is 28.4 Å². The van der Waals surface area contributed by atoms with Crippen LogP contribution in [0.1, 0.15) is 15.9 Å². The van der Waals surface area contributed by atoms with Gasteiger partial charge in [0.25, 0.3) is 5.91 Å². The summed E-state index contributed by atoms with van der Waals surface area (Å²) < 4.78 is 1.94. The van der Waals surface area contributed by atoms with E-state index in [4.69, 9.17) is 11.6 Å². The third kappa shape index (κ3) is 2.90. The molecule has 2 heterocycles. The zero-order chi connectivity index (χ0) is 14.8. The number of pyridine rings is 1.